The molecule has 1 fully saturated rings. The number of nitrogens with zero attached hydrogens (tertiary/aromatic N) is 3. The van der Waals surface area contributed by atoms with Crippen LogP contribution in [0.25, 0.3) is 11.0 Å². The molecule has 0 saturated heterocycles. The smallest absolute Gasteiger partial charge is 0.162 e. The Balaban J connectivity index is 2.26. The van der Waals surface area contributed by atoms with Gasteiger partial charge in [0, 0.05) is 17.7 Å². The maximum Gasteiger partial charge on any atom is 0.162 e. The molecular formula is C13H12N4O. The molecule has 1 saturated carbocycles. The number of fused-ring (bicyclic) bond motifs is 1. The zero-order valence-corrected chi connectivity index (χ0v) is 9.92. The van der Waals surface area contributed by atoms with Gasteiger partial charge in [-0.1, -0.05) is 0 Å². The third-order valence-electron chi connectivity index (χ3n) is 3.35. The number of anilines is 1. The minimum absolute atomic E-state index is 0.0434. The van der Waals surface area contributed by atoms with E-state index in [2.05, 4.69) is 15.9 Å². The molecule has 0 bridgehead atoms. The van der Waals surface area contributed by atoms with E-state index in [0.717, 1.165) is 6.42 Å². The van der Waals surface area contributed by atoms with E-state index in [1.54, 1.807) is 6.20 Å². The summed E-state index contributed by atoms with van der Waals surface area (Å²) in [5.74, 6) is 3.24. The SMILES string of the molecule is C#CC1CC1n1cc(C(C)=O)c2c(N)ncnc21. The van der Waals surface area contributed by atoms with Gasteiger partial charge in [0.25, 0.3) is 0 Å². The quantitative estimate of drug-likeness (QED) is 0.636. The summed E-state index contributed by atoms with van der Waals surface area (Å²) in [7, 11) is 0. The lowest BCUT2D eigenvalue weighted by Crippen LogP contribution is -1.98. The predicted molar refractivity (Wildman–Crippen MR) is 67.9 cm³/mol. The molecule has 0 spiro atoms. The molecule has 2 unspecified atom stereocenters. The summed E-state index contributed by atoms with van der Waals surface area (Å²) < 4.78 is 1.95. The van der Waals surface area contributed by atoms with Gasteiger partial charge in [-0.3, -0.25) is 4.79 Å². The molecule has 0 radical (unpaired) electrons. The number of Topliss-reactive ketones (excluding diaryl/α,β-unsaturated/α-hetero) is 1. The Bertz CT molecular complexity index is 695. The minimum Gasteiger partial charge on any atom is -0.383 e. The van der Waals surface area contributed by atoms with Crippen LogP contribution in [-0.4, -0.2) is 20.3 Å². The van der Waals surface area contributed by atoms with Gasteiger partial charge < -0.3 is 10.3 Å². The molecule has 5 heteroatoms. The Morgan fingerprint density at radius 2 is 2.39 bits per heavy atom. The fourth-order valence-corrected chi connectivity index (χ4v) is 2.30. The molecule has 1 aliphatic rings. The van der Waals surface area contributed by atoms with Gasteiger partial charge in [0.1, 0.15) is 17.8 Å². The van der Waals surface area contributed by atoms with Crippen molar-refractivity contribution in [3.63, 3.8) is 0 Å². The zero-order chi connectivity index (χ0) is 12.9. The second-order valence-electron chi connectivity index (χ2n) is 4.54. The highest BCUT2D eigenvalue weighted by Crippen LogP contribution is 2.45. The Morgan fingerprint density at radius 1 is 1.61 bits per heavy atom. The fraction of sp³-hybridized carbons (Fsp3) is 0.308. The number of hydrogen-bond acceptors (Lipinski definition) is 4. The van der Waals surface area contributed by atoms with E-state index < -0.39 is 0 Å². The average Bonchev–Trinajstić information content (AvgIpc) is 3.01. The van der Waals surface area contributed by atoms with Crippen LogP contribution < -0.4 is 5.73 Å². The van der Waals surface area contributed by atoms with Gasteiger partial charge >= 0.3 is 0 Å². The third kappa shape index (κ3) is 1.39. The van der Waals surface area contributed by atoms with E-state index in [1.807, 2.05) is 4.57 Å². The van der Waals surface area contributed by atoms with Crippen LogP contribution in [-0.2, 0) is 0 Å². The molecular weight excluding hydrogens is 228 g/mol. The van der Waals surface area contributed by atoms with E-state index in [4.69, 9.17) is 12.2 Å². The Morgan fingerprint density at radius 3 is 3.00 bits per heavy atom. The molecule has 5 nitrogen and oxygen atoms in total. The number of carbonyl (C=O) groups is 1. The lowest BCUT2D eigenvalue weighted by molar-refractivity contribution is 0.101. The van der Waals surface area contributed by atoms with Crippen molar-refractivity contribution in [3.05, 3.63) is 18.1 Å². The van der Waals surface area contributed by atoms with Crippen molar-refractivity contribution >= 4 is 22.6 Å². The van der Waals surface area contributed by atoms with Gasteiger partial charge in [-0.2, -0.15) is 0 Å². The van der Waals surface area contributed by atoms with Crippen molar-refractivity contribution in [2.45, 2.75) is 19.4 Å². The number of carbonyl (C=O) groups excluding carboxylic acids is 1. The largest absolute Gasteiger partial charge is 0.383 e. The normalized spacial score (nSPS) is 21.8. The van der Waals surface area contributed by atoms with Crippen molar-refractivity contribution in [1.82, 2.24) is 14.5 Å². The number of rotatable bonds is 2. The molecule has 0 aromatic carbocycles. The van der Waals surface area contributed by atoms with E-state index in [-0.39, 0.29) is 17.7 Å². The van der Waals surface area contributed by atoms with Crippen LogP contribution in [0.3, 0.4) is 0 Å². The molecule has 2 heterocycles. The van der Waals surface area contributed by atoms with Gasteiger partial charge in [-0.25, -0.2) is 9.97 Å². The Labute approximate surface area is 104 Å². The van der Waals surface area contributed by atoms with Crippen LogP contribution in [0.1, 0.15) is 29.7 Å². The molecule has 2 aromatic heterocycles. The number of aromatic nitrogens is 3. The van der Waals surface area contributed by atoms with Crippen molar-refractivity contribution < 1.29 is 4.79 Å². The van der Waals surface area contributed by atoms with Gasteiger partial charge in [-0.05, 0) is 13.3 Å². The Kier molecular flexibility index (Phi) is 2.14. The van der Waals surface area contributed by atoms with E-state index >= 15 is 0 Å². The summed E-state index contributed by atoms with van der Waals surface area (Å²) in [6.45, 7) is 1.51. The first-order chi connectivity index (χ1) is 8.63. The zero-order valence-electron chi connectivity index (χ0n) is 9.92. The lowest BCUT2D eigenvalue weighted by Gasteiger charge is -2.01. The molecule has 2 N–H and O–H groups in total. The van der Waals surface area contributed by atoms with Crippen LogP contribution in [0.15, 0.2) is 12.5 Å². The first-order valence-electron chi connectivity index (χ1n) is 5.71. The average molecular weight is 240 g/mol. The van der Waals surface area contributed by atoms with E-state index in [9.17, 15) is 4.79 Å². The summed E-state index contributed by atoms with van der Waals surface area (Å²) in [4.78, 5) is 19.8. The second kappa shape index (κ2) is 3.57. The summed E-state index contributed by atoms with van der Waals surface area (Å²) in [5.41, 5.74) is 7.09. The van der Waals surface area contributed by atoms with Crippen LogP contribution in [0.4, 0.5) is 5.82 Å². The van der Waals surface area contributed by atoms with Crippen molar-refractivity contribution in [3.8, 4) is 12.3 Å². The summed E-state index contributed by atoms with van der Waals surface area (Å²) in [6, 6.07) is 0.222. The topological polar surface area (TPSA) is 73.8 Å². The highest BCUT2D eigenvalue weighted by molar-refractivity contribution is 6.09. The second-order valence-corrected chi connectivity index (χ2v) is 4.54. The van der Waals surface area contributed by atoms with E-state index in [0.29, 0.717) is 22.4 Å². The highest BCUT2D eigenvalue weighted by atomic mass is 16.1. The van der Waals surface area contributed by atoms with Crippen molar-refractivity contribution in [1.29, 1.82) is 0 Å². The van der Waals surface area contributed by atoms with Crippen LogP contribution in [0.5, 0.6) is 0 Å². The van der Waals surface area contributed by atoms with Gasteiger partial charge in [-0.15, -0.1) is 12.3 Å². The van der Waals surface area contributed by atoms with Gasteiger partial charge in [0.05, 0.1) is 11.4 Å². The minimum atomic E-state index is -0.0434. The van der Waals surface area contributed by atoms with Gasteiger partial charge in [0.15, 0.2) is 5.78 Å². The van der Waals surface area contributed by atoms with E-state index in [1.165, 1.54) is 13.3 Å². The molecule has 0 amide bonds. The van der Waals surface area contributed by atoms with Gasteiger partial charge in [0.2, 0.25) is 0 Å². The number of nitrogens with two attached hydrogens (primary N) is 1. The molecule has 90 valence electrons. The number of ketones is 1. The number of hydrogen-bond donors (Lipinski definition) is 1. The Hall–Kier alpha value is -2.35. The molecule has 2 aromatic rings. The molecule has 1 aliphatic carbocycles. The number of terminal acetylenes is 1. The molecule has 0 aliphatic heterocycles. The number of nitrogen functional groups attached to an aromatic ring is 1. The van der Waals surface area contributed by atoms with Crippen LogP contribution in [0, 0.1) is 18.3 Å². The summed E-state index contributed by atoms with van der Waals surface area (Å²) >= 11 is 0. The fourth-order valence-electron chi connectivity index (χ4n) is 2.30. The molecule has 18 heavy (non-hydrogen) atoms. The summed E-state index contributed by atoms with van der Waals surface area (Å²) in [5, 5.41) is 0.632. The monoisotopic (exact) mass is 240 g/mol. The standard InChI is InChI=1S/C13H12N4O/c1-3-8-4-10(8)17-5-9(7(2)18)11-12(14)15-6-16-13(11)17/h1,5-6,8,10H,4H2,2H3,(H2,14,15,16). The lowest BCUT2D eigenvalue weighted by atomic mass is 10.2. The maximum absolute atomic E-state index is 11.7. The van der Waals surface area contributed by atoms with Crippen LogP contribution in [0.2, 0.25) is 0 Å². The van der Waals surface area contributed by atoms with Crippen LogP contribution >= 0.6 is 0 Å². The molecule has 3 rings (SSSR count). The van der Waals surface area contributed by atoms with Crippen molar-refractivity contribution in [2.24, 2.45) is 5.92 Å². The first-order valence-corrected chi connectivity index (χ1v) is 5.71. The molecule has 2 atom stereocenters. The third-order valence-corrected chi connectivity index (χ3v) is 3.35. The maximum atomic E-state index is 11.7. The summed E-state index contributed by atoms with van der Waals surface area (Å²) in [6.07, 6.45) is 9.53. The first kappa shape index (κ1) is 10.8. The van der Waals surface area contributed by atoms with Crippen molar-refractivity contribution in [2.75, 3.05) is 5.73 Å². The highest BCUT2D eigenvalue weighted by Gasteiger charge is 2.38. The predicted octanol–water partition coefficient (Wildman–Crippen LogP) is 1.41.